The van der Waals surface area contributed by atoms with Gasteiger partial charge in [0.25, 0.3) is 5.91 Å². The predicted molar refractivity (Wildman–Crippen MR) is 93.1 cm³/mol. The van der Waals surface area contributed by atoms with Gasteiger partial charge in [-0.2, -0.15) is 0 Å². The highest BCUT2D eigenvalue weighted by Crippen LogP contribution is 2.16. The number of likely N-dealkylation sites (tertiary alicyclic amines) is 1. The zero-order valence-corrected chi connectivity index (χ0v) is 13.8. The zero-order chi connectivity index (χ0) is 16.8. The van der Waals surface area contributed by atoms with Crippen molar-refractivity contribution in [3.63, 3.8) is 0 Å². The van der Waals surface area contributed by atoms with Crippen LogP contribution in [0.2, 0.25) is 0 Å². The highest BCUT2D eigenvalue weighted by atomic mass is 19.1. The Hall–Kier alpha value is -2.20. The zero-order valence-electron chi connectivity index (χ0n) is 13.8. The van der Waals surface area contributed by atoms with Crippen LogP contribution < -0.4 is 5.32 Å². The number of carbonyl (C=O) groups excluding carboxylic acids is 1. The van der Waals surface area contributed by atoms with Gasteiger partial charge in [-0.25, -0.2) is 4.39 Å². The van der Waals surface area contributed by atoms with Crippen LogP contribution in [0.3, 0.4) is 0 Å². The van der Waals surface area contributed by atoms with Crippen molar-refractivity contribution in [1.29, 1.82) is 0 Å². The number of benzene rings is 2. The lowest BCUT2D eigenvalue weighted by Gasteiger charge is -2.27. The quantitative estimate of drug-likeness (QED) is 0.908. The smallest absolute Gasteiger partial charge is 0.251 e. The Morgan fingerprint density at radius 2 is 1.75 bits per heavy atom. The number of hydrogen-bond donors (Lipinski definition) is 1. The van der Waals surface area contributed by atoms with Gasteiger partial charge < -0.3 is 5.32 Å². The predicted octanol–water partition coefficient (Wildman–Crippen LogP) is 3.74. The van der Waals surface area contributed by atoms with Crippen LogP contribution in [0.1, 0.15) is 40.7 Å². The average Bonchev–Trinajstić information content (AvgIpc) is 2.61. The van der Waals surface area contributed by atoms with E-state index in [1.807, 2.05) is 18.2 Å². The van der Waals surface area contributed by atoms with Crippen molar-refractivity contribution in [2.24, 2.45) is 0 Å². The Bertz CT molecular complexity index is 696. The van der Waals surface area contributed by atoms with Crippen LogP contribution in [-0.4, -0.2) is 23.9 Å². The summed E-state index contributed by atoms with van der Waals surface area (Å²) in [5, 5.41) is 2.90. The minimum Gasteiger partial charge on any atom is -0.348 e. The van der Waals surface area contributed by atoms with Gasteiger partial charge in [-0.15, -0.1) is 0 Å². The molecule has 2 aromatic rings. The summed E-state index contributed by atoms with van der Waals surface area (Å²) < 4.78 is 13.2. The molecule has 1 heterocycles. The van der Waals surface area contributed by atoms with Gasteiger partial charge in [-0.05, 0) is 55.3 Å². The van der Waals surface area contributed by atoms with Crippen molar-refractivity contribution in [2.75, 3.05) is 13.1 Å². The molecule has 1 saturated heterocycles. The molecule has 0 radical (unpaired) electrons. The lowest BCUT2D eigenvalue weighted by Crippen LogP contribution is -2.30. The van der Waals surface area contributed by atoms with E-state index in [4.69, 9.17) is 0 Å². The summed E-state index contributed by atoms with van der Waals surface area (Å²) in [6.07, 6.45) is 3.85. The Labute approximate surface area is 142 Å². The van der Waals surface area contributed by atoms with Gasteiger partial charge in [0.15, 0.2) is 0 Å². The topological polar surface area (TPSA) is 32.3 Å². The SMILES string of the molecule is O=C(NCc1ccccc1CN1CCCCC1)c1cccc(F)c1. The first-order valence-electron chi connectivity index (χ1n) is 8.55. The normalized spacial score (nSPS) is 15.2. The van der Waals surface area contributed by atoms with E-state index in [1.54, 1.807) is 12.1 Å². The largest absolute Gasteiger partial charge is 0.348 e. The lowest BCUT2D eigenvalue weighted by atomic mass is 10.0. The van der Waals surface area contributed by atoms with Crippen LogP contribution in [0.25, 0.3) is 0 Å². The summed E-state index contributed by atoms with van der Waals surface area (Å²) in [6, 6.07) is 14.0. The fourth-order valence-electron chi connectivity index (χ4n) is 3.15. The van der Waals surface area contributed by atoms with E-state index in [2.05, 4.69) is 16.3 Å². The molecule has 3 nitrogen and oxygen atoms in total. The molecular weight excluding hydrogens is 303 g/mol. The molecule has 1 aliphatic rings. The van der Waals surface area contributed by atoms with Crippen molar-refractivity contribution in [3.8, 4) is 0 Å². The molecule has 4 heteroatoms. The molecule has 0 saturated carbocycles. The number of nitrogens with one attached hydrogen (secondary N) is 1. The summed E-state index contributed by atoms with van der Waals surface area (Å²) in [5.41, 5.74) is 2.72. The first-order chi connectivity index (χ1) is 11.7. The highest BCUT2D eigenvalue weighted by Gasteiger charge is 2.13. The average molecular weight is 326 g/mol. The van der Waals surface area contributed by atoms with E-state index in [-0.39, 0.29) is 5.91 Å². The van der Waals surface area contributed by atoms with Gasteiger partial charge in [0.2, 0.25) is 0 Å². The van der Waals surface area contributed by atoms with E-state index in [0.29, 0.717) is 12.1 Å². The summed E-state index contributed by atoms with van der Waals surface area (Å²) in [4.78, 5) is 14.7. The second-order valence-electron chi connectivity index (χ2n) is 6.30. The Balaban J connectivity index is 1.63. The van der Waals surface area contributed by atoms with Crippen molar-refractivity contribution in [2.45, 2.75) is 32.4 Å². The number of nitrogens with zero attached hydrogens (tertiary/aromatic N) is 1. The fraction of sp³-hybridized carbons (Fsp3) is 0.350. The van der Waals surface area contributed by atoms with Crippen molar-refractivity contribution in [3.05, 3.63) is 71.0 Å². The molecule has 1 amide bonds. The molecule has 0 bridgehead atoms. The Morgan fingerprint density at radius 3 is 2.50 bits per heavy atom. The maximum Gasteiger partial charge on any atom is 0.251 e. The lowest BCUT2D eigenvalue weighted by molar-refractivity contribution is 0.0950. The second-order valence-corrected chi connectivity index (χ2v) is 6.30. The van der Waals surface area contributed by atoms with Crippen LogP contribution in [0.15, 0.2) is 48.5 Å². The number of rotatable bonds is 5. The van der Waals surface area contributed by atoms with Crippen LogP contribution in [0.4, 0.5) is 4.39 Å². The maximum absolute atomic E-state index is 13.2. The second kappa shape index (κ2) is 8.06. The fourth-order valence-corrected chi connectivity index (χ4v) is 3.15. The van der Waals surface area contributed by atoms with Crippen molar-refractivity contribution < 1.29 is 9.18 Å². The molecular formula is C20H23FN2O. The summed E-state index contributed by atoms with van der Waals surface area (Å²) in [7, 11) is 0. The van der Waals surface area contributed by atoms with Gasteiger partial charge in [-0.3, -0.25) is 9.69 Å². The molecule has 3 rings (SSSR count). The highest BCUT2D eigenvalue weighted by molar-refractivity contribution is 5.94. The number of hydrogen-bond acceptors (Lipinski definition) is 2. The van der Waals surface area contributed by atoms with Gasteiger partial charge in [-0.1, -0.05) is 36.8 Å². The number of amides is 1. The summed E-state index contributed by atoms with van der Waals surface area (Å²) in [5.74, 6) is -0.643. The van der Waals surface area contributed by atoms with Gasteiger partial charge in [0.1, 0.15) is 5.82 Å². The van der Waals surface area contributed by atoms with E-state index in [1.165, 1.54) is 37.0 Å². The molecule has 24 heavy (non-hydrogen) atoms. The molecule has 0 aliphatic carbocycles. The molecule has 1 aliphatic heterocycles. The number of halogens is 1. The van der Waals surface area contributed by atoms with Crippen molar-refractivity contribution >= 4 is 5.91 Å². The first kappa shape index (κ1) is 16.7. The van der Waals surface area contributed by atoms with Gasteiger partial charge in [0.05, 0.1) is 0 Å². The molecule has 2 aromatic carbocycles. The first-order valence-corrected chi connectivity index (χ1v) is 8.55. The third kappa shape index (κ3) is 4.42. The molecule has 126 valence electrons. The minimum atomic E-state index is -0.395. The number of carbonyl (C=O) groups is 1. The van der Waals surface area contributed by atoms with Gasteiger partial charge in [0, 0.05) is 18.7 Å². The molecule has 0 aromatic heterocycles. The van der Waals surface area contributed by atoms with E-state index < -0.39 is 5.82 Å². The van der Waals surface area contributed by atoms with Crippen LogP contribution in [0.5, 0.6) is 0 Å². The minimum absolute atomic E-state index is 0.248. The van der Waals surface area contributed by atoms with E-state index in [0.717, 1.165) is 25.2 Å². The van der Waals surface area contributed by atoms with Crippen LogP contribution in [0, 0.1) is 5.82 Å². The standard InChI is InChI=1S/C20H23FN2O/c21-19-10-6-9-16(13-19)20(24)22-14-17-7-2-3-8-18(17)15-23-11-4-1-5-12-23/h2-3,6-10,13H,1,4-5,11-12,14-15H2,(H,22,24). The van der Waals surface area contributed by atoms with Crippen LogP contribution >= 0.6 is 0 Å². The van der Waals surface area contributed by atoms with Crippen LogP contribution in [-0.2, 0) is 13.1 Å². The van der Waals surface area contributed by atoms with E-state index in [9.17, 15) is 9.18 Å². The van der Waals surface area contributed by atoms with E-state index >= 15 is 0 Å². The molecule has 1 N–H and O–H groups in total. The summed E-state index contributed by atoms with van der Waals surface area (Å²) in [6.45, 7) is 3.67. The van der Waals surface area contributed by atoms with Crippen molar-refractivity contribution in [1.82, 2.24) is 10.2 Å². The Kier molecular flexibility index (Phi) is 5.59. The number of piperidine rings is 1. The maximum atomic E-state index is 13.2. The summed E-state index contributed by atoms with van der Waals surface area (Å²) >= 11 is 0. The molecule has 0 atom stereocenters. The molecule has 0 spiro atoms. The van der Waals surface area contributed by atoms with Gasteiger partial charge >= 0.3 is 0 Å². The third-order valence-corrected chi connectivity index (χ3v) is 4.49. The monoisotopic (exact) mass is 326 g/mol. The third-order valence-electron chi connectivity index (χ3n) is 4.49. The molecule has 0 unspecified atom stereocenters. The Morgan fingerprint density at radius 1 is 1.00 bits per heavy atom. The molecule has 1 fully saturated rings.